The number of hydrogen-bond donors (Lipinski definition) is 1. The van der Waals surface area contributed by atoms with Gasteiger partial charge in [0.25, 0.3) is 0 Å². The van der Waals surface area contributed by atoms with Crippen molar-refractivity contribution in [3.63, 3.8) is 0 Å². The Hall–Kier alpha value is -0.480. The molecule has 0 heterocycles. The van der Waals surface area contributed by atoms with Gasteiger partial charge in [0.05, 0.1) is 0 Å². The van der Waals surface area contributed by atoms with E-state index < -0.39 is 0 Å². The lowest BCUT2D eigenvalue weighted by molar-refractivity contribution is 0.331. The minimum atomic E-state index is 0.352. The molecule has 1 nitrogen and oxygen atoms in total. The molecule has 0 aliphatic heterocycles. The van der Waals surface area contributed by atoms with Gasteiger partial charge >= 0.3 is 0 Å². The molecule has 0 saturated heterocycles. The Labute approximate surface area is 83.3 Å². The molecule has 0 saturated carbocycles. The Morgan fingerprint density at radius 2 is 1.92 bits per heavy atom. The Morgan fingerprint density at radius 3 is 2.38 bits per heavy atom. The van der Waals surface area contributed by atoms with Crippen LogP contribution in [0, 0.1) is 17.3 Å². The van der Waals surface area contributed by atoms with Crippen LogP contribution >= 0.6 is 0 Å². The minimum absolute atomic E-state index is 0.352. The second kappa shape index (κ2) is 6.05. The molecule has 76 valence electrons. The highest BCUT2D eigenvalue weighted by molar-refractivity contribution is 4.98. The van der Waals surface area contributed by atoms with Crippen molar-refractivity contribution in [2.75, 3.05) is 6.54 Å². The Morgan fingerprint density at radius 1 is 1.31 bits per heavy atom. The molecule has 0 spiro atoms. The van der Waals surface area contributed by atoms with Crippen molar-refractivity contribution in [2.45, 2.75) is 53.5 Å². The van der Waals surface area contributed by atoms with Gasteiger partial charge in [0.2, 0.25) is 0 Å². The Kier molecular flexibility index (Phi) is 5.82. The van der Waals surface area contributed by atoms with Gasteiger partial charge < -0.3 is 5.32 Å². The number of nitrogens with one attached hydrogen (secondary N) is 1. The topological polar surface area (TPSA) is 12.0 Å². The van der Waals surface area contributed by atoms with Crippen LogP contribution in [-0.2, 0) is 0 Å². The van der Waals surface area contributed by atoms with Gasteiger partial charge in [0.1, 0.15) is 0 Å². The predicted molar refractivity (Wildman–Crippen MR) is 59.6 cm³/mol. The monoisotopic (exact) mass is 181 g/mol. The van der Waals surface area contributed by atoms with E-state index in [9.17, 15) is 0 Å². The van der Waals surface area contributed by atoms with Crippen LogP contribution in [0.15, 0.2) is 0 Å². The summed E-state index contributed by atoms with van der Waals surface area (Å²) >= 11 is 0. The lowest BCUT2D eigenvalue weighted by Crippen LogP contribution is -2.27. The van der Waals surface area contributed by atoms with Gasteiger partial charge in [-0.2, -0.15) is 0 Å². The van der Waals surface area contributed by atoms with Gasteiger partial charge in [0.15, 0.2) is 0 Å². The highest BCUT2D eigenvalue weighted by Crippen LogP contribution is 2.23. The molecule has 0 unspecified atom stereocenters. The van der Waals surface area contributed by atoms with Crippen LogP contribution in [0.25, 0.3) is 0 Å². The van der Waals surface area contributed by atoms with Crippen LogP contribution in [0.1, 0.15) is 47.5 Å². The second-order valence-corrected chi connectivity index (χ2v) is 4.63. The molecule has 0 fully saturated rings. The molecule has 0 aromatic heterocycles. The lowest BCUT2D eigenvalue weighted by atomic mass is 9.86. The van der Waals surface area contributed by atoms with E-state index >= 15 is 0 Å². The van der Waals surface area contributed by atoms with Gasteiger partial charge in [-0.1, -0.05) is 27.7 Å². The summed E-state index contributed by atoms with van der Waals surface area (Å²) in [6.45, 7) is 11.9. The third-order valence-electron chi connectivity index (χ3n) is 2.10. The van der Waals surface area contributed by atoms with Crippen LogP contribution in [-0.4, -0.2) is 12.6 Å². The van der Waals surface area contributed by atoms with E-state index in [-0.39, 0.29) is 0 Å². The summed E-state index contributed by atoms with van der Waals surface area (Å²) in [4.78, 5) is 0. The van der Waals surface area contributed by atoms with E-state index in [1.807, 2.05) is 6.92 Å². The summed E-state index contributed by atoms with van der Waals surface area (Å²) < 4.78 is 0. The molecule has 0 radical (unpaired) electrons. The predicted octanol–water partition coefficient (Wildman–Crippen LogP) is 2.81. The van der Waals surface area contributed by atoms with Crippen LogP contribution in [0.5, 0.6) is 0 Å². The zero-order chi connectivity index (χ0) is 10.3. The average molecular weight is 181 g/mol. The standard InChI is InChI=1S/C12H23N/c1-6-7-8-12(4,5)9-10-13-11(2)3/h11,13H,8-10H2,1-5H3. The molecule has 0 aliphatic rings. The number of hydrogen-bond acceptors (Lipinski definition) is 1. The molecule has 1 N–H and O–H groups in total. The van der Waals surface area contributed by atoms with Crippen molar-refractivity contribution in [3.05, 3.63) is 0 Å². The normalized spacial score (nSPS) is 11.2. The summed E-state index contributed by atoms with van der Waals surface area (Å²) in [5, 5.41) is 3.43. The second-order valence-electron chi connectivity index (χ2n) is 4.63. The van der Waals surface area contributed by atoms with Crippen molar-refractivity contribution in [1.82, 2.24) is 5.32 Å². The van der Waals surface area contributed by atoms with Gasteiger partial charge in [0, 0.05) is 12.5 Å². The first-order valence-electron chi connectivity index (χ1n) is 5.11. The molecule has 0 aliphatic carbocycles. The van der Waals surface area contributed by atoms with E-state index in [2.05, 4.69) is 44.9 Å². The molecule has 13 heavy (non-hydrogen) atoms. The molecule has 0 aromatic carbocycles. The van der Waals surface area contributed by atoms with Crippen LogP contribution in [0.2, 0.25) is 0 Å². The zero-order valence-corrected chi connectivity index (χ0v) is 9.70. The largest absolute Gasteiger partial charge is 0.315 e. The zero-order valence-electron chi connectivity index (χ0n) is 9.70. The van der Waals surface area contributed by atoms with E-state index in [1.165, 1.54) is 6.42 Å². The van der Waals surface area contributed by atoms with E-state index in [0.29, 0.717) is 11.5 Å². The molecule has 1 heteroatoms. The maximum absolute atomic E-state index is 3.43. The van der Waals surface area contributed by atoms with Crippen molar-refractivity contribution in [2.24, 2.45) is 5.41 Å². The van der Waals surface area contributed by atoms with Crippen molar-refractivity contribution >= 4 is 0 Å². The fraction of sp³-hybridized carbons (Fsp3) is 0.833. The molecule has 0 bridgehead atoms. The van der Waals surface area contributed by atoms with Gasteiger partial charge in [-0.05, 0) is 25.3 Å². The molecule has 0 aromatic rings. The first-order valence-corrected chi connectivity index (χ1v) is 5.11. The summed E-state index contributed by atoms with van der Waals surface area (Å²) in [5.41, 5.74) is 0.352. The van der Waals surface area contributed by atoms with Crippen LogP contribution in [0.3, 0.4) is 0 Å². The van der Waals surface area contributed by atoms with Crippen molar-refractivity contribution in [3.8, 4) is 11.8 Å². The van der Waals surface area contributed by atoms with E-state index in [4.69, 9.17) is 0 Å². The first-order chi connectivity index (χ1) is 5.98. The highest BCUT2D eigenvalue weighted by Gasteiger charge is 2.15. The summed E-state index contributed by atoms with van der Waals surface area (Å²) in [6, 6.07) is 0.591. The maximum atomic E-state index is 3.43. The lowest BCUT2D eigenvalue weighted by Gasteiger charge is -2.22. The van der Waals surface area contributed by atoms with Crippen LogP contribution in [0.4, 0.5) is 0 Å². The van der Waals surface area contributed by atoms with Gasteiger partial charge in [-0.3, -0.25) is 0 Å². The third kappa shape index (κ3) is 7.87. The molecule has 0 atom stereocenters. The third-order valence-corrected chi connectivity index (χ3v) is 2.10. The SMILES string of the molecule is CC#CCC(C)(C)CCNC(C)C. The average Bonchev–Trinajstić information content (AvgIpc) is 2.00. The summed E-state index contributed by atoms with van der Waals surface area (Å²) in [6.07, 6.45) is 2.20. The van der Waals surface area contributed by atoms with Gasteiger partial charge in [-0.15, -0.1) is 11.8 Å². The molecule has 0 rings (SSSR count). The summed E-state index contributed by atoms with van der Waals surface area (Å²) in [7, 11) is 0. The smallest absolute Gasteiger partial charge is 0.0140 e. The Balaban J connectivity index is 3.66. The fourth-order valence-corrected chi connectivity index (χ4v) is 1.12. The number of rotatable bonds is 5. The molecular weight excluding hydrogens is 158 g/mol. The first kappa shape index (κ1) is 12.5. The van der Waals surface area contributed by atoms with E-state index in [0.717, 1.165) is 13.0 Å². The maximum Gasteiger partial charge on any atom is 0.0140 e. The van der Waals surface area contributed by atoms with Crippen molar-refractivity contribution in [1.29, 1.82) is 0 Å². The van der Waals surface area contributed by atoms with Crippen molar-refractivity contribution < 1.29 is 0 Å². The minimum Gasteiger partial charge on any atom is -0.315 e. The molecule has 0 amide bonds. The quantitative estimate of drug-likeness (QED) is 0.643. The summed E-state index contributed by atoms with van der Waals surface area (Å²) in [5.74, 6) is 6.10. The van der Waals surface area contributed by atoms with Crippen LogP contribution < -0.4 is 5.32 Å². The van der Waals surface area contributed by atoms with E-state index in [1.54, 1.807) is 0 Å². The molecular formula is C12H23N. The Bertz CT molecular complexity index is 181. The fourth-order valence-electron chi connectivity index (χ4n) is 1.12. The highest BCUT2D eigenvalue weighted by atomic mass is 14.9. The van der Waals surface area contributed by atoms with Gasteiger partial charge in [-0.25, -0.2) is 0 Å².